The van der Waals surface area contributed by atoms with E-state index in [0.29, 0.717) is 0 Å². The summed E-state index contributed by atoms with van der Waals surface area (Å²) in [7, 11) is 0. The van der Waals surface area contributed by atoms with Gasteiger partial charge in [-0.15, -0.1) is 0 Å². The summed E-state index contributed by atoms with van der Waals surface area (Å²) in [6.07, 6.45) is 3.89. The molecule has 0 fully saturated rings. The van der Waals surface area contributed by atoms with Crippen molar-refractivity contribution in [3.63, 3.8) is 0 Å². The molecule has 0 nitrogen and oxygen atoms in total. The molecular weight excluding hydrogens is 534 g/mol. The van der Waals surface area contributed by atoms with E-state index in [9.17, 15) is 0 Å². The summed E-state index contributed by atoms with van der Waals surface area (Å²) in [5, 5.41) is 3.56. The molecule has 32 heavy (non-hydrogen) atoms. The van der Waals surface area contributed by atoms with Gasteiger partial charge in [-0.25, -0.2) is 0 Å². The monoisotopic (exact) mass is 562 g/mol. The zero-order valence-electron chi connectivity index (χ0n) is 18.3. The standard InChI is InChI=1S/C29H29As2Cl/c32-29-22-12-11-21-28(29)31(27-19-9-3-10-20-27)24-14-4-13-23-30(25-15-5-1-6-16-25)26-17-7-2-8-18-26/h1-3,5-12,15-22H,4,13-14,23-24H2. The summed E-state index contributed by atoms with van der Waals surface area (Å²) in [6, 6.07) is 41.9. The van der Waals surface area contributed by atoms with Gasteiger partial charge in [-0.2, -0.15) is 0 Å². The van der Waals surface area contributed by atoms with Gasteiger partial charge in [0.05, 0.1) is 0 Å². The second-order valence-electron chi connectivity index (χ2n) is 7.82. The number of benzene rings is 4. The molecule has 0 aromatic heterocycles. The zero-order valence-corrected chi connectivity index (χ0v) is 22.8. The summed E-state index contributed by atoms with van der Waals surface area (Å²) >= 11 is 4.01. The fourth-order valence-electron chi connectivity index (χ4n) is 4.01. The minimum absolute atomic E-state index is 0.942. The first-order chi connectivity index (χ1) is 15.8. The third-order valence-electron chi connectivity index (χ3n) is 5.61. The molecule has 3 heteroatoms. The van der Waals surface area contributed by atoms with E-state index in [1.54, 1.807) is 8.70 Å². The van der Waals surface area contributed by atoms with Crippen molar-refractivity contribution in [3.8, 4) is 0 Å². The first kappa shape index (κ1) is 23.4. The Kier molecular flexibility index (Phi) is 9.16. The summed E-state index contributed by atoms with van der Waals surface area (Å²) < 4.78 is 6.04. The van der Waals surface area contributed by atoms with Gasteiger partial charge >= 0.3 is 208 Å². The van der Waals surface area contributed by atoms with Crippen LogP contribution in [-0.2, 0) is 0 Å². The van der Waals surface area contributed by atoms with E-state index in [-0.39, 0.29) is 0 Å². The van der Waals surface area contributed by atoms with Gasteiger partial charge in [-0.05, 0) is 0 Å². The fourth-order valence-corrected chi connectivity index (χ4v) is 14.9. The third-order valence-corrected chi connectivity index (χ3v) is 17.3. The molecule has 1 atom stereocenters. The van der Waals surface area contributed by atoms with Gasteiger partial charge in [0.15, 0.2) is 0 Å². The average molecular weight is 563 g/mol. The van der Waals surface area contributed by atoms with Crippen LogP contribution >= 0.6 is 11.6 Å². The quantitative estimate of drug-likeness (QED) is 0.179. The van der Waals surface area contributed by atoms with Crippen molar-refractivity contribution in [2.24, 2.45) is 0 Å². The number of hydrogen-bond acceptors (Lipinski definition) is 0. The van der Waals surface area contributed by atoms with E-state index in [1.165, 1.54) is 38.4 Å². The Balaban J connectivity index is 1.40. The van der Waals surface area contributed by atoms with E-state index in [0.717, 1.165) is 5.02 Å². The zero-order chi connectivity index (χ0) is 22.0. The molecule has 4 aromatic rings. The predicted molar refractivity (Wildman–Crippen MR) is 144 cm³/mol. The van der Waals surface area contributed by atoms with Crippen molar-refractivity contribution in [1.29, 1.82) is 0 Å². The van der Waals surface area contributed by atoms with Crippen LogP contribution in [0.4, 0.5) is 0 Å². The van der Waals surface area contributed by atoms with Crippen molar-refractivity contribution < 1.29 is 0 Å². The molecule has 4 rings (SSSR count). The van der Waals surface area contributed by atoms with Gasteiger partial charge in [0.2, 0.25) is 0 Å². The second-order valence-corrected chi connectivity index (χ2v) is 18.0. The Labute approximate surface area is 207 Å². The van der Waals surface area contributed by atoms with Crippen molar-refractivity contribution in [2.75, 3.05) is 0 Å². The van der Waals surface area contributed by atoms with Crippen LogP contribution in [0.15, 0.2) is 115 Å². The molecule has 0 saturated heterocycles. The van der Waals surface area contributed by atoms with Crippen molar-refractivity contribution >= 4 is 58.3 Å². The maximum absolute atomic E-state index is 6.63. The van der Waals surface area contributed by atoms with Crippen LogP contribution in [0.3, 0.4) is 0 Å². The Morgan fingerprint density at radius 2 is 0.844 bits per heavy atom. The van der Waals surface area contributed by atoms with Gasteiger partial charge in [-0.1, -0.05) is 0 Å². The molecule has 1 unspecified atom stereocenters. The SMILES string of the molecule is Clc1ccccc1[As](CCCCC[As](c1ccccc1)c1ccccc1)c1ccccc1. The van der Waals surface area contributed by atoms with Gasteiger partial charge in [-0.3, -0.25) is 0 Å². The summed E-state index contributed by atoms with van der Waals surface area (Å²) in [4.78, 5) is 0. The van der Waals surface area contributed by atoms with E-state index in [1.807, 2.05) is 6.07 Å². The van der Waals surface area contributed by atoms with Gasteiger partial charge < -0.3 is 0 Å². The molecule has 0 amide bonds. The van der Waals surface area contributed by atoms with Gasteiger partial charge in [0, 0.05) is 0 Å². The molecule has 0 aliphatic rings. The van der Waals surface area contributed by atoms with Crippen molar-refractivity contribution in [3.05, 3.63) is 120 Å². The molecule has 0 N–H and O–H groups in total. The van der Waals surface area contributed by atoms with Crippen LogP contribution in [-0.4, -0.2) is 29.3 Å². The minimum atomic E-state index is -1.38. The molecular formula is C29H29As2Cl. The molecule has 0 radical (unpaired) electrons. The van der Waals surface area contributed by atoms with E-state index >= 15 is 0 Å². The molecule has 4 aromatic carbocycles. The average Bonchev–Trinajstić information content (AvgIpc) is 2.86. The maximum atomic E-state index is 6.63. The molecule has 0 heterocycles. The number of rotatable bonds is 10. The molecule has 0 bridgehead atoms. The number of unbranched alkanes of at least 4 members (excludes halogenated alkanes) is 2. The Bertz CT molecular complexity index is 1030. The van der Waals surface area contributed by atoms with E-state index < -0.39 is 29.3 Å². The van der Waals surface area contributed by atoms with Crippen LogP contribution in [0.5, 0.6) is 0 Å². The Morgan fingerprint density at radius 1 is 0.438 bits per heavy atom. The molecule has 162 valence electrons. The molecule has 0 aliphatic carbocycles. The second kappa shape index (κ2) is 12.5. The number of halogens is 1. The van der Waals surface area contributed by atoms with Crippen molar-refractivity contribution in [1.82, 2.24) is 0 Å². The molecule has 0 spiro atoms. The first-order valence-corrected chi connectivity index (χ1v) is 18.1. The fraction of sp³-hybridized carbons (Fsp3) is 0.172. The van der Waals surface area contributed by atoms with E-state index in [2.05, 4.69) is 109 Å². The van der Waals surface area contributed by atoms with Crippen molar-refractivity contribution in [2.45, 2.75) is 29.7 Å². The van der Waals surface area contributed by atoms with Crippen LogP contribution in [0.25, 0.3) is 0 Å². The predicted octanol–water partition coefficient (Wildman–Crippen LogP) is 5.43. The van der Waals surface area contributed by atoms with Crippen LogP contribution in [0.1, 0.15) is 19.3 Å². The third kappa shape index (κ3) is 6.42. The topological polar surface area (TPSA) is 0 Å². The Morgan fingerprint density at radius 3 is 1.34 bits per heavy atom. The van der Waals surface area contributed by atoms with Crippen LogP contribution in [0.2, 0.25) is 15.4 Å². The summed E-state index contributed by atoms with van der Waals surface area (Å²) in [6.45, 7) is 0. The normalized spacial score (nSPS) is 12.1. The van der Waals surface area contributed by atoms with Crippen LogP contribution in [0, 0.1) is 0 Å². The number of hydrogen-bond donors (Lipinski definition) is 0. The first-order valence-electron chi connectivity index (χ1n) is 11.3. The molecule has 0 aliphatic heterocycles. The summed E-state index contributed by atoms with van der Waals surface area (Å²) in [5.41, 5.74) is 0. The summed E-state index contributed by atoms with van der Waals surface area (Å²) in [5.74, 6) is 0. The molecule has 0 saturated carbocycles. The van der Waals surface area contributed by atoms with Gasteiger partial charge in [0.25, 0.3) is 0 Å². The van der Waals surface area contributed by atoms with E-state index in [4.69, 9.17) is 11.6 Å². The van der Waals surface area contributed by atoms with Crippen LogP contribution < -0.4 is 17.4 Å². The van der Waals surface area contributed by atoms with Gasteiger partial charge in [0.1, 0.15) is 0 Å². The Hall–Kier alpha value is -1.71.